The maximum Gasteiger partial charge on any atom is 0.416 e. The molecular weight excluding hydrogens is 479 g/mol. The van der Waals surface area contributed by atoms with E-state index in [2.05, 4.69) is 25.6 Å². The molecular formula is C22H25FN6O7. The van der Waals surface area contributed by atoms with Gasteiger partial charge in [-0.3, -0.25) is 19.5 Å². The van der Waals surface area contributed by atoms with Crippen molar-refractivity contribution in [2.24, 2.45) is 5.92 Å². The number of anilines is 2. The van der Waals surface area contributed by atoms with E-state index in [0.29, 0.717) is 13.0 Å². The number of carboxylic acid groups (broad SMARTS) is 1. The molecule has 13 nitrogen and oxygen atoms in total. The fourth-order valence-electron chi connectivity index (χ4n) is 4.38. The minimum Gasteiger partial charge on any atom is -0.483 e. The molecule has 1 aliphatic carbocycles. The van der Waals surface area contributed by atoms with Crippen LogP contribution in [-0.2, 0) is 27.2 Å². The lowest BCUT2D eigenvalue weighted by atomic mass is 10.1. The number of aliphatic hydroxyl groups excluding tert-OH is 1. The second kappa shape index (κ2) is 10.8. The van der Waals surface area contributed by atoms with Crippen LogP contribution in [0.3, 0.4) is 0 Å². The smallest absolute Gasteiger partial charge is 0.416 e. The zero-order valence-corrected chi connectivity index (χ0v) is 19.3. The molecule has 1 saturated heterocycles. The number of aromatic nitrogens is 3. The van der Waals surface area contributed by atoms with E-state index in [9.17, 15) is 19.1 Å². The van der Waals surface area contributed by atoms with E-state index in [-0.39, 0.29) is 61.3 Å². The Bertz CT molecular complexity index is 1130. The minimum atomic E-state index is -0.948. The number of pyridine rings is 1. The number of hydrogen-bond donors (Lipinski definition) is 4. The third-order valence-corrected chi connectivity index (χ3v) is 6.10. The van der Waals surface area contributed by atoms with Crippen LogP contribution < -0.4 is 20.3 Å². The number of cyclic esters (lactones) is 1. The Hall–Kier alpha value is -3.91. The molecule has 4 N–H and O–H groups in total. The summed E-state index contributed by atoms with van der Waals surface area (Å²) in [5.74, 6) is 0.0509. The molecule has 3 aliphatic rings. The highest BCUT2D eigenvalue weighted by atomic mass is 19.1. The molecule has 4 heterocycles. The molecule has 14 heteroatoms. The number of carbonyl (C=O) groups excluding carboxylic acids is 2. The zero-order valence-electron chi connectivity index (χ0n) is 19.3. The number of amides is 2. The van der Waals surface area contributed by atoms with Gasteiger partial charge in [-0.05, 0) is 43.4 Å². The van der Waals surface area contributed by atoms with E-state index in [1.807, 2.05) is 6.92 Å². The Morgan fingerprint density at radius 1 is 1.31 bits per heavy atom. The Balaban J connectivity index is 0.000000967. The molecule has 0 bridgehead atoms. The van der Waals surface area contributed by atoms with E-state index in [1.54, 1.807) is 0 Å². The van der Waals surface area contributed by atoms with Crippen LogP contribution in [0.25, 0.3) is 0 Å². The third-order valence-electron chi connectivity index (χ3n) is 6.10. The van der Waals surface area contributed by atoms with Crippen LogP contribution in [0, 0.1) is 18.7 Å². The van der Waals surface area contributed by atoms with Gasteiger partial charge in [0.05, 0.1) is 18.9 Å². The van der Waals surface area contributed by atoms with Gasteiger partial charge < -0.3 is 30.3 Å². The summed E-state index contributed by atoms with van der Waals surface area (Å²) in [7, 11) is 0. The van der Waals surface area contributed by atoms with E-state index in [0.717, 1.165) is 23.2 Å². The first kappa shape index (κ1) is 25.2. The average molecular weight is 504 g/mol. The van der Waals surface area contributed by atoms with Crippen LogP contribution in [0.15, 0.2) is 12.4 Å². The molecule has 2 aliphatic heterocycles. The molecule has 0 saturated carbocycles. The second-order valence-electron chi connectivity index (χ2n) is 8.51. The second-order valence-corrected chi connectivity index (χ2v) is 8.51. The van der Waals surface area contributed by atoms with Gasteiger partial charge in [-0.1, -0.05) is 0 Å². The van der Waals surface area contributed by atoms with Gasteiger partial charge in [0.1, 0.15) is 18.0 Å². The summed E-state index contributed by atoms with van der Waals surface area (Å²) < 4.78 is 24.5. The maximum absolute atomic E-state index is 14.0. The highest BCUT2D eigenvalue weighted by Crippen LogP contribution is 2.30. The Morgan fingerprint density at radius 3 is 2.81 bits per heavy atom. The zero-order chi connectivity index (χ0) is 25.8. The van der Waals surface area contributed by atoms with Gasteiger partial charge in [0.15, 0.2) is 18.2 Å². The van der Waals surface area contributed by atoms with E-state index in [4.69, 9.17) is 19.4 Å². The lowest BCUT2D eigenvalue weighted by molar-refractivity contribution is -0.123. The number of rotatable bonds is 6. The summed E-state index contributed by atoms with van der Waals surface area (Å²) in [4.78, 5) is 45.8. The number of nitrogens with zero attached hydrogens (tertiary/aromatic N) is 4. The highest BCUT2D eigenvalue weighted by molar-refractivity contribution is 5.94. The van der Waals surface area contributed by atoms with Crippen molar-refractivity contribution >= 4 is 30.1 Å². The lowest BCUT2D eigenvalue weighted by Gasteiger charge is -2.19. The van der Waals surface area contributed by atoms with Crippen LogP contribution in [0.4, 0.5) is 20.8 Å². The number of aliphatic hydroxyl groups is 1. The topological polar surface area (TPSA) is 176 Å². The summed E-state index contributed by atoms with van der Waals surface area (Å²) in [6.45, 7) is 2.36. The number of ether oxygens (including phenoxy) is 2. The molecule has 0 aromatic carbocycles. The van der Waals surface area contributed by atoms with Crippen molar-refractivity contribution in [3.63, 3.8) is 0 Å². The van der Waals surface area contributed by atoms with Gasteiger partial charge >= 0.3 is 6.09 Å². The van der Waals surface area contributed by atoms with Crippen molar-refractivity contribution in [3.05, 3.63) is 35.0 Å². The molecule has 5 rings (SSSR count). The number of aryl methyl sites for hydroxylation is 1. The summed E-state index contributed by atoms with van der Waals surface area (Å²) in [5, 5.41) is 23.2. The van der Waals surface area contributed by atoms with Gasteiger partial charge in [-0.25, -0.2) is 19.2 Å². The molecule has 2 aromatic heterocycles. The van der Waals surface area contributed by atoms with Crippen LogP contribution >= 0.6 is 0 Å². The van der Waals surface area contributed by atoms with Gasteiger partial charge in [-0.2, -0.15) is 0 Å². The molecule has 36 heavy (non-hydrogen) atoms. The fraction of sp³-hybridized carbons (Fsp3) is 0.455. The van der Waals surface area contributed by atoms with Crippen LogP contribution in [-0.4, -0.2) is 82.1 Å². The standard InChI is InChI=1S/C21H23FN6O5.CH2O2/c1-10-12-2-11(3-13(12)14(22)5-24-10)4-23-6-15(29)16-8-28(21(31)33-16)17-7-25-20-19(26-17)27-18(30)9-32-20;2-1-3/h5,7,11,15-16,23,29H,2-4,6,8-9H2,1H3,(H,26,27,30);1H,(H,2,3)/t11?,15-,16-;/m1./s1. The van der Waals surface area contributed by atoms with Gasteiger partial charge in [-0.15, -0.1) is 0 Å². The summed E-state index contributed by atoms with van der Waals surface area (Å²) >= 11 is 0. The number of nitrogens with one attached hydrogen (secondary N) is 2. The van der Waals surface area contributed by atoms with Crippen molar-refractivity contribution in [2.45, 2.75) is 32.0 Å². The minimum absolute atomic E-state index is 0.0783. The Kier molecular flexibility index (Phi) is 7.55. The predicted octanol–water partition coefficient (Wildman–Crippen LogP) is 0.0415. The first-order chi connectivity index (χ1) is 17.3. The van der Waals surface area contributed by atoms with Crippen LogP contribution in [0.5, 0.6) is 5.88 Å². The summed E-state index contributed by atoms with van der Waals surface area (Å²) in [5.41, 5.74) is 2.54. The first-order valence-corrected chi connectivity index (χ1v) is 11.2. The van der Waals surface area contributed by atoms with Gasteiger partial charge in [0.2, 0.25) is 0 Å². The van der Waals surface area contributed by atoms with Crippen molar-refractivity contribution in [2.75, 3.05) is 36.5 Å². The van der Waals surface area contributed by atoms with Crippen LogP contribution in [0.2, 0.25) is 0 Å². The Labute approximate surface area is 204 Å². The predicted molar refractivity (Wildman–Crippen MR) is 121 cm³/mol. The van der Waals surface area contributed by atoms with Crippen LogP contribution in [0.1, 0.15) is 16.8 Å². The number of hydrogen-bond acceptors (Lipinski definition) is 10. The number of fused-ring (bicyclic) bond motifs is 2. The monoisotopic (exact) mass is 504 g/mol. The summed E-state index contributed by atoms with van der Waals surface area (Å²) in [6.07, 6.45) is 1.59. The van der Waals surface area contributed by atoms with E-state index in [1.165, 1.54) is 17.3 Å². The maximum atomic E-state index is 14.0. The number of carbonyl (C=O) groups is 3. The lowest BCUT2D eigenvalue weighted by Crippen LogP contribution is -2.40. The van der Waals surface area contributed by atoms with Crippen molar-refractivity contribution in [3.8, 4) is 5.88 Å². The quantitative estimate of drug-likeness (QED) is 0.391. The molecule has 1 fully saturated rings. The third kappa shape index (κ3) is 5.33. The molecule has 0 radical (unpaired) electrons. The van der Waals surface area contributed by atoms with Gasteiger partial charge in [0.25, 0.3) is 18.3 Å². The molecule has 2 aromatic rings. The van der Waals surface area contributed by atoms with E-state index >= 15 is 0 Å². The molecule has 0 spiro atoms. The van der Waals surface area contributed by atoms with Crippen molar-refractivity contribution < 1.29 is 38.5 Å². The van der Waals surface area contributed by atoms with E-state index < -0.39 is 18.3 Å². The number of halogens is 1. The fourth-order valence-corrected chi connectivity index (χ4v) is 4.38. The first-order valence-electron chi connectivity index (χ1n) is 11.2. The Morgan fingerprint density at radius 2 is 2.06 bits per heavy atom. The van der Waals surface area contributed by atoms with Crippen molar-refractivity contribution in [1.29, 1.82) is 0 Å². The molecule has 192 valence electrons. The highest BCUT2D eigenvalue weighted by Gasteiger charge is 2.38. The SMILES string of the molecule is Cc1ncc(F)c2c1CC(CNC[C@@H](O)[C@H]1CN(c3cnc4c(n3)NC(=O)CO4)C(=O)O1)C2.O=CO. The van der Waals surface area contributed by atoms with Crippen molar-refractivity contribution in [1.82, 2.24) is 20.3 Å². The van der Waals surface area contributed by atoms with Gasteiger partial charge in [0, 0.05) is 12.2 Å². The molecule has 3 atom stereocenters. The summed E-state index contributed by atoms with van der Waals surface area (Å²) in [6, 6.07) is 0. The molecule has 1 unspecified atom stereocenters. The average Bonchev–Trinajstić information content (AvgIpc) is 3.46. The largest absolute Gasteiger partial charge is 0.483 e. The normalized spacial score (nSPS) is 20.8. The molecule has 2 amide bonds.